The molecule has 0 saturated heterocycles. The molecule has 0 bridgehead atoms. The number of ether oxygens (including phenoxy) is 1. The van der Waals surface area contributed by atoms with Crippen LogP contribution in [0.5, 0.6) is 5.75 Å². The van der Waals surface area contributed by atoms with Gasteiger partial charge in [-0.05, 0) is 32.2 Å². The first kappa shape index (κ1) is 15.1. The van der Waals surface area contributed by atoms with Crippen LogP contribution in [0.2, 0.25) is 0 Å². The fourth-order valence-corrected chi connectivity index (χ4v) is 1.79. The first-order chi connectivity index (χ1) is 8.39. The van der Waals surface area contributed by atoms with Crippen molar-refractivity contribution in [1.82, 2.24) is 0 Å². The average Bonchev–Trinajstić information content (AvgIpc) is 2.36. The molecule has 3 N–H and O–H groups in total. The van der Waals surface area contributed by atoms with Gasteiger partial charge in [0.05, 0.1) is 7.11 Å². The van der Waals surface area contributed by atoms with Gasteiger partial charge in [-0.3, -0.25) is 0 Å². The van der Waals surface area contributed by atoms with Crippen LogP contribution in [0.15, 0.2) is 18.2 Å². The zero-order valence-corrected chi connectivity index (χ0v) is 12.9. The van der Waals surface area contributed by atoms with Gasteiger partial charge in [0.1, 0.15) is 10.7 Å². The van der Waals surface area contributed by atoms with Crippen molar-refractivity contribution >= 4 is 34.7 Å². The highest BCUT2D eigenvalue weighted by Gasteiger charge is 2.16. The third kappa shape index (κ3) is 4.07. The summed E-state index contributed by atoms with van der Waals surface area (Å²) in [5, 5.41) is 3.39. The molecular weight excluding hydrogens is 264 g/mol. The Balaban J connectivity index is 2.94. The van der Waals surface area contributed by atoms with Gasteiger partial charge in [0.25, 0.3) is 0 Å². The second-order valence-corrected chi connectivity index (χ2v) is 6.55. The Morgan fingerprint density at radius 3 is 2.67 bits per heavy atom. The average molecular weight is 284 g/mol. The van der Waals surface area contributed by atoms with Crippen molar-refractivity contribution < 1.29 is 4.74 Å². The van der Waals surface area contributed by atoms with E-state index in [0.29, 0.717) is 4.99 Å². The van der Waals surface area contributed by atoms with E-state index in [1.54, 1.807) is 7.11 Å². The van der Waals surface area contributed by atoms with Crippen molar-refractivity contribution in [1.29, 1.82) is 0 Å². The minimum atomic E-state index is 0.149. The van der Waals surface area contributed by atoms with Crippen LogP contribution in [0.1, 0.15) is 19.4 Å². The summed E-state index contributed by atoms with van der Waals surface area (Å²) in [6.45, 7) is 5.20. The third-order valence-electron chi connectivity index (χ3n) is 2.75. The number of hydrogen-bond donors (Lipinski definition) is 2. The van der Waals surface area contributed by atoms with Gasteiger partial charge in [-0.2, -0.15) is 11.8 Å². The highest BCUT2D eigenvalue weighted by molar-refractivity contribution is 7.99. The molecule has 0 atom stereocenters. The quantitative estimate of drug-likeness (QED) is 0.787. The normalized spacial score (nSPS) is 11.1. The summed E-state index contributed by atoms with van der Waals surface area (Å²) in [5.41, 5.74) is 7.49. The molecule has 1 aromatic carbocycles. The first-order valence-electron chi connectivity index (χ1n) is 5.66. The number of thioether (sulfide) groups is 1. The predicted molar refractivity (Wildman–Crippen MR) is 85.0 cm³/mol. The molecule has 100 valence electrons. The monoisotopic (exact) mass is 284 g/mol. The predicted octanol–water partition coefficient (Wildman–Crippen LogP) is 2.88. The van der Waals surface area contributed by atoms with E-state index in [1.807, 2.05) is 30.0 Å². The Hall–Kier alpha value is -0.940. The summed E-state index contributed by atoms with van der Waals surface area (Å²) in [5.74, 6) is 0.791. The number of rotatable bonds is 6. The van der Waals surface area contributed by atoms with Gasteiger partial charge in [-0.1, -0.05) is 12.2 Å². The second-order valence-electron chi connectivity index (χ2n) is 4.59. The summed E-state index contributed by atoms with van der Waals surface area (Å²) < 4.78 is 5.37. The van der Waals surface area contributed by atoms with Crippen molar-refractivity contribution in [3.63, 3.8) is 0 Å². The molecular formula is C13H20N2OS2. The fourth-order valence-electron chi connectivity index (χ4n) is 1.39. The van der Waals surface area contributed by atoms with Crippen LogP contribution in [0.3, 0.4) is 0 Å². The van der Waals surface area contributed by atoms with E-state index in [0.717, 1.165) is 23.5 Å². The molecule has 18 heavy (non-hydrogen) atoms. The lowest BCUT2D eigenvalue weighted by Crippen LogP contribution is -2.27. The third-order valence-corrected chi connectivity index (χ3v) is 4.22. The van der Waals surface area contributed by atoms with Crippen molar-refractivity contribution in [2.45, 2.75) is 18.6 Å². The van der Waals surface area contributed by atoms with Crippen molar-refractivity contribution in [2.75, 3.05) is 25.2 Å². The van der Waals surface area contributed by atoms with Gasteiger partial charge >= 0.3 is 0 Å². The number of nitrogens with two attached hydrogens (primary N) is 1. The number of anilines is 1. The summed E-state index contributed by atoms with van der Waals surface area (Å²) in [7, 11) is 1.64. The molecule has 0 spiro atoms. The van der Waals surface area contributed by atoms with Crippen molar-refractivity contribution in [3.8, 4) is 5.75 Å². The SMILES string of the molecule is COc1ccc(C(N)=S)c(NCC(C)(C)SC)c1. The molecule has 0 unspecified atom stereocenters. The molecule has 0 aromatic heterocycles. The van der Waals surface area contributed by atoms with E-state index in [9.17, 15) is 0 Å². The van der Waals surface area contributed by atoms with Crippen LogP contribution in [0, 0.1) is 0 Å². The first-order valence-corrected chi connectivity index (χ1v) is 7.30. The second kappa shape index (κ2) is 6.29. The van der Waals surface area contributed by atoms with Crippen LogP contribution in [0.25, 0.3) is 0 Å². The largest absolute Gasteiger partial charge is 0.497 e. The number of benzene rings is 1. The summed E-state index contributed by atoms with van der Waals surface area (Å²) in [6.07, 6.45) is 2.10. The molecule has 5 heteroatoms. The van der Waals surface area contributed by atoms with Gasteiger partial charge in [0.2, 0.25) is 0 Å². The Labute approximate surface area is 118 Å². The van der Waals surface area contributed by atoms with Crippen LogP contribution in [-0.4, -0.2) is 29.6 Å². The van der Waals surface area contributed by atoms with Gasteiger partial charge in [0, 0.05) is 28.6 Å². The maximum Gasteiger partial charge on any atom is 0.120 e. The smallest absolute Gasteiger partial charge is 0.120 e. The molecule has 0 aliphatic heterocycles. The molecule has 1 rings (SSSR count). The van der Waals surface area contributed by atoms with E-state index in [2.05, 4.69) is 25.4 Å². The van der Waals surface area contributed by atoms with Crippen LogP contribution >= 0.6 is 24.0 Å². The van der Waals surface area contributed by atoms with Crippen LogP contribution < -0.4 is 15.8 Å². The fraction of sp³-hybridized carbons (Fsp3) is 0.462. The number of methoxy groups -OCH3 is 1. The minimum absolute atomic E-state index is 0.149. The van der Waals surface area contributed by atoms with Gasteiger partial charge in [-0.15, -0.1) is 0 Å². The van der Waals surface area contributed by atoms with E-state index in [-0.39, 0.29) is 4.75 Å². The molecule has 1 aromatic rings. The Morgan fingerprint density at radius 1 is 1.50 bits per heavy atom. The number of thiocarbonyl (C=S) groups is 1. The molecule has 0 amide bonds. The molecule has 0 aliphatic carbocycles. The lowest BCUT2D eigenvalue weighted by atomic mass is 10.1. The van der Waals surface area contributed by atoms with E-state index < -0.39 is 0 Å². The van der Waals surface area contributed by atoms with E-state index in [1.165, 1.54) is 0 Å². The van der Waals surface area contributed by atoms with Crippen LogP contribution in [0.4, 0.5) is 5.69 Å². The zero-order valence-electron chi connectivity index (χ0n) is 11.2. The standard InChI is InChI=1S/C13H20N2OS2/c1-13(2,18-4)8-15-11-7-9(16-3)5-6-10(11)12(14)17/h5-7,15H,8H2,1-4H3,(H2,14,17). The molecule has 3 nitrogen and oxygen atoms in total. The maximum atomic E-state index is 5.72. The lowest BCUT2D eigenvalue weighted by molar-refractivity contribution is 0.415. The zero-order chi connectivity index (χ0) is 13.8. The molecule has 0 saturated carbocycles. The number of nitrogens with one attached hydrogen (secondary N) is 1. The molecule has 0 fully saturated rings. The van der Waals surface area contributed by atoms with Gasteiger partial charge in [0.15, 0.2) is 0 Å². The van der Waals surface area contributed by atoms with E-state index >= 15 is 0 Å². The summed E-state index contributed by atoms with van der Waals surface area (Å²) >= 11 is 6.87. The molecule has 0 radical (unpaired) electrons. The van der Waals surface area contributed by atoms with Crippen molar-refractivity contribution in [3.05, 3.63) is 23.8 Å². The Kier molecular flexibility index (Phi) is 5.28. The Morgan fingerprint density at radius 2 is 2.17 bits per heavy atom. The van der Waals surface area contributed by atoms with Crippen LogP contribution in [-0.2, 0) is 0 Å². The number of hydrogen-bond acceptors (Lipinski definition) is 4. The summed E-state index contributed by atoms with van der Waals surface area (Å²) in [6, 6.07) is 5.67. The molecule has 0 aliphatic rings. The topological polar surface area (TPSA) is 47.3 Å². The molecule has 0 heterocycles. The minimum Gasteiger partial charge on any atom is -0.497 e. The maximum absolute atomic E-state index is 5.72. The van der Waals surface area contributed by atoms with E-state index in [4.69, 9.17) is 22.7 Å². The van der Waals surface area contributed by atoms with Gasteiger partial charge in [-0.25, -0.2) is 0 Å². The van der Waals surface area contributed by atoms with Crippen molar-refractivity contribution in [2.24, 2.45) is 5.73 Å². The lowest BCUT2D eigenvalue weighted by Gasteiger charge is -2.24. The van der Waals surface area contributed by atoms with Gasteiger partial charge < -0.3 is 15.8 Å². The Bertz CT molecular complexity index is 433. The highest BCUT2D eigenvalue weighted by atomic mass is 32.2. The highest BCUT2D eigenvalue weighted by Crippen LogP contribution is 2.26. The summed E-state index contributed by atoms with van der Waals surface area (Å²) in [4.78, 5) is 0.391.